The molecule has 1 unspecified atom stereocenters. The van der Waals surface area contributed by atoms with Crippen molar-refractivity contribution in [1.82, 2.24) is 5.43 Å². The maximum atomic E-state index is 5.66. The summed E-state index contributed by atoms with van der Waals surface area (Å²) >= 11 is 12.1. The van der Waals surface area contributed by atoms with Crippen LogP contribution in [-0.4, -0.2) is 0 Å². The summed E-state index contributed by atoms with van der Waals surface area (Å²) in [5.74, 6) is 5.66. The molecule has 0 aliphatic heterocycles. The molecule has 0 aliphatic rings. The maximum Gasteiger partial charge on any atom is 0.0843 e. The fourth-order valence-corrected chi connectivity index (χ4v) is 4.05. The number of hydrazine groups is 1. The standard InChI is InChI=1S/C12H11Br3N2S/c13-8-3-1-7(2-4-8)5-10(17-16)11-6-9(14)12(15)18-11/h1-4,6,10,17H,5,16H2. The highest BCUT2D eigenvalue weighted by Crippen LogP contribution is 2.36. The Labute approximate surface area is 135 Å². The molecule has 1 aromatic carbocycles. The van der Waals surface area contributed by atoms with Crippen LogP contribution in [-0.2, 0) is 6.42 Å². The molecular formula is C12H11Br3N2S. The van der Waals surface area contributed by atoms with Gasteiger partial charge in [-0.25, -0.2) is 0 Å². The zero-order chi connectivity index (χ0) is 13.1. The summed E-state index contributed by atoms with van der Waals surface area (Å²) in [5, 5.41) is 0. The van der Waals surface area contributed by atoms with Gasteiger partial charge >= 0.3 is 0 Å². The minimum Gasteiger partial charge on any atom is -0.271 e. The van der Waals surface area contributed by atoms with Crippen LogP contribution in [0.1, 0.15) is 16.5 Å². The Balaban J connectivity index is 2.16. The SMILES string of the molecule is NNC(Cc1ccc(Br)cc1)c1cc(Br)c(Br)s1. The normalized spacial score (nSPS) is 12.7. The van der Waals surface area contributed by atoms with Gasteiger partial charge in [-0.1, -0.05) is 28.1 Å². The third-order valence-corrected chi connectivity index (χ3v) is 6.46. The van der Waals surface area contributed by atoms with Crippen LogP contribution >= 0.6 is 59.1 Å². The van der Waals surface area contributed by atoms with Crippen LogP contribution in [0.3, 0.4) is 0 Å². The van der Waals surface area contributed by atoms with Crippen molar-refractivity contribution in [3.8, 4) is 0 Å². The summed E-state index contributed by atoms with van der Waals surface area (Å²) in [7, 11) is 0. The molecule has 96 valence electrons. The predicted molar refractivity (Wildman–Crippen MR) is 87.6 cm³/mol. The van der Waals surface area contributed by atoms with E-state index in [0.29, 0.717) is 0 Å². The number of benzene rings is 1. The van der Waals surface area contributed by atoms with Gasteiger partial charge in [0.2, 0.25) is 0 Å². The summed E-state index contributed by atoms with van der Waals surface area (Å²) in [5.41, 5.74) is 4.13. The number of hydrogen-bond acceptors (Lipinski definition) is 3. The van der Waals surface area contributed by atoms with Gasteiger partial charge in [0.25, 0.3) is 0 Å². The number of nitrogens with one attached hydrogen (secondary N) is 1. The smallest absolute Gasteiger partial charge is 0.0843 e. The average Bonchev–Trinajstić information content (AvgIpc) is 2.69. The molecule has 0 saturated carbocycles. The molecule has 2 nitrogen and oxygen atoms in total. The van der Waals surface area contributed by atoms with Crippen molar-refractivity contribution in [3.63, 3.8) is 0 Å². The largest absolute Gasteiger partial charge is 0.271 e. The topological polar surface area (TPSA) is 38.0 Å². The minimum absolute atomic E-state index is 0.124. The van der Waals surface area contributed by atoms with Gasteiger partial charge in [-0.2, -0.15) is 0 Å². The van der Waals surface area contributed by atoms with E-state index in [-0.39, 0.29) is 6.04 Å². The Morgan fingerprint density at radius 2 is 1.83 bits per heavy atom. The zero-order valence-electron chi connectivity index (χ0n) is 9.29. The number of rotatable bonds is 4. The molecule has 0 amide bonds. The molecule has 0 aliphatic carbocycles. The molecule has 18 heavy (non-hydrogen) atoms. The van der Waals surface area contributed by atoms with Crippen LogP contribution in [0.4, 0.5) is 0 Å². The molecule has 3 N–H and O–H groups in total. The number of nitrogens with two attached hydrogens (primary N) is 1. The lowest BCUT2D eigenvalue weighted by Crippen LogP contribution is -2.28. The third kappa shape index (κ3) is 3.65. The third-order valence-electron chi connectivity index (χ3n) is 2.56. The highest BCUT2D eigenvalue weighted by Gasteiger charge is 2.15. The zero-order valence-corrected chi connectivity index (χ0v) is 14.9. The Kier molecular flexibility index (Phi) is 5.41. The van der Waals surface area contributed by atoms with E-state index in [0.717, 1.165) is 19.2 Å². The van der Waals surface area contributed by atoms with E-state index in [1.807, 2.05) is 12.1 Å². The first-order valence-electron chi connectivity index (χ1n) is 5.25. The molecule has 0 spiro atoms. The first-order valence-corrected chi connectivity index (χ1v) is 8.45. The van der Waals surface area contributed by atoms with Crippen molar-refractivity contribution in [1.29, 1.82) is 0 Å². The van der Waals surface area contributed by atoms with E-state index in [1.165, 1.54) is 10.4 Å². The quantitative estimate of drug-likeness (QED) is 0.515. The van der Waals surface area contributed by atoms with Crippen molar-refractivity contribution in [2.75, 3.05) is 0 Å². The molecule has 1 heterocycles. The van der Waals surface area contributed by atoms with E-state index in [1.54, 1.807) is 11.3 Å². The monoisotopic (exact) mass is 452 g/mol. The first kappa shape index (κ1) is 14.7. The van der Waals surface area contributed by atoms with E-state index < -0.39 is 0 Å². The van der Waals surface area contributed by atoms with Crippen molar-refractivity contribution in [2.45, 2.75) is 12.5 Å². The van der Waals surface area contributed by atoms with E-state index >= 15 is 0 Å². The summed E-state index contributed by atoms with van der Waals surface area (Å²) in [4.78, 5) is 1.21. The fraction of sp³-hybridized carbons (Fsp3) is 0.167. The molecule has 6 heteroatoms. The Morgan fingerprint density at radius 3 is 2.33 bits per heavy atom. The number of thiophene rings is 1. The van der Waals surface area contributed by atoms with E-state index in [2.05, 4.69) is 71.4 Å². The van der Waals surface area contributed by atoms with Gasteiger partial charge in [0.05, 0.1) is 9.83 Å². The molecule has 0 radical (unpaired) electrons. The van der Waals surface area contributed by atoms with Crippen LogP contribution < -0.4 is 11.3 Å². The van der Waals surface area contributed by atoms with E-state index in [4.69, 9.17) is 5.84 Å². The molecule has 1 aromatic heterocycles. The second-order valence-electron chi connectivity index (χ2n) is 3.82. The van der Waals surface area contributed by atoms with Gasteiger partial charge in [-0.3, -0.25) is 11.3 Å². The average molecular weight is 455 g/mol. The highest BCUT2D eigenvalue weighted by atomic mass is 79.9. The lowest BCUT2D eigenvalue weighted by molar-refractivity contribution is 0.560. The summed E-state index contributed by atoms with van der Waals surface area (Å²) in [6.07, 6.45) is 0.864. The van der Waals surface area contributed by atoms with Crippen molar-refractivity contribution < 1.29 is 0 Å². The van der Waals surface area contributed by atoms with Crippen LogP contribution in [0, 0.1) is 0 Å². The van der Waals surface area contributed by atoms with Crippen LogP contribution in [0.2, 0.25) is 0 Å². The maximum absolute atomic E-state index is 5.66. The second-order valence-corrected chi connectivity index (χ2v) is 7.99. The van der Waals surface area contributed by atoms with Gasteiger partial charge in [0, 0.05) is 13.8 Å². The molecular weight excluding hydrogens is 444 g/mol. The van der Waals surface area contributed by atoms with Gasteiger partial charge in [0.1, 0.15) is 0 Å². The predicted octanol–water partition coefficient (Wildman–Crippen LogP) is 4.78. The highest BCUT2D eigenvalue weighted by molar-refractivity contribution is 9.13. The van der Waals surface area contributed by atoms with Gasteiger partial charge in [-0.05, 0) is 62.0 Å². The molecule has 0 saturated heterocycles. The van der Waals surface area contributed by atoms with E-state index in [9.17, 15) is 0 Å². The van der Waals surface area contributed by atoms with Crippen LogP contribution in [0.15, 0.2) is 43.1 Å². The molecule has 1 atom stereocenters. The fourth-order valence-electron chi connectivity index (χ4n) is 1.63. The molecule has 2 aromatic rings. The minimum atomic E-state index is 0.124. The van der Waals surface area contributed by atoms with Gasteiger partial charge in [-0.15, -0.1) is 11.3 Å². The van der Waals surface area contributed by atoms with Gasteiger partial charge in [0.15, 0.2) is 0 Å². The van der Waals surface area contributed by atoms with Crippen LogP contribution in [0.5, 0.6) is 0 Å². The van der Waals surface area contributed by atoms with Gasteiger partial charge < -0.3 is 0 Å². The summed E-state index contributed by atoms with van der Waals surface area (Å²) < 4.78 is 3.25. The molecule has 0 bridgehead atoms. The van der Waals surface area contributed by atoms with Crippen molar-refractivity contribution >= 4 is 59.1 Å². The molecule has 2 rings (SSSR count). The second kappa shape index (κ2) is 6.63. The Bertz CT molecular complexity index is 505. The Morgan fingerprint density at radius 1 is 1.17 bits per heavy atom. The number of hydrogen-bond donors (Lipinski definition) is 2. The number of halogens is 3. The van der Waals surface area contributed by atoms with Crippen molar-refractivity contribution in [2.24, 2.45) is 5.84 Å². The lowest BCUT2D eigenvalue weighted by Gasteiger charge is -2.14. The van der Waals surface area contributed by atoms with Crippen molar-refractivity contribution in [3.05, 3.63) is 53.5 Å². The lowest BCUT2D eigenvalue weighted by atomic mass is 10.1. The molecule has 0 fully saturated rings. The summed E-state index contributed by atoms with van der Waals surface area (Å²) in [6, 6.07) is 10.5. The van der Waals surface area contributed by atoms with Crippen LogP contribution in [0.25, 0.3) is 0 Å². The first-order chi connectivity index (χ1) is 8.60. The Hall–Kier alpha value is 0.280. The summed E-state index contributed by atoms with van der Waals surface area (Å²) in [6.45, 7) is 0.